The Balaban J connectivity index is 2.89. The number of rotatable bonds is 3. The fourth-order valence-electron chi connectivity index (χ4n) is 1.12. The fraction of sp³-hybridized carbons (Fsp3) is 0.400. The lowest BCUT2D eigenvalue weighted by Crippen LogP contribution is -2.14. The number of aromatic nitrogens is 1. The van der Waals surface area contributed by atoms with Gasteiger partial charge in [-0.05, 0) is 12.1 Å². The van der Waals surface area contributed by atoms with Crippen LogP contribution in [0.1, 0.15) is 18.2 Å². The summed E-state index contributed by atoms with van der Waals surface area (Å²) in [5.41, 5.74) is 7.58. The summed E-state index contributed by atoms with van der Waals surface area (Å²) in [6.45, 7) is 0. The average Bonchev–Trinajstić information content (AvgIpc) is 2.18. The highest BCUT2D eigenvalue weighted by Gasteiger charge is 2.07. The van der Waals surface area contributed by atoms with E-state index in [9.17, 15) is 0 Å². The molecule has 1 unspecified atom stereocenters. The molecule has 1 aromatic rings. The Morgan fingerprint density at radius 3 is 2.93 bits per heavy atom. The van der Waals surface area contributed by atoms with E-state index in [2.05, 4.69) is 4.98 Å². The van der Waals surface area contributed by atoms with E-state index < -0.39 is 0 Å². The number of nitriles is 1. The van der Waals surface area contributed by atoms with Gasteiger partial charge in [0, 0.05) is 26.0 Å². The van der Waals surface area contributed by atoms with Crippen molar-refractivity contribution in [3.63, 3.8) is 0 Å². The number of nitrogens with two attached hydrogens (primary N) is 1. The molecule has 0 aliphatic carbocycles. The van der Waals surface area contributed by atoms with Crippen LogP contribution in [-0.2, 0) is 0 Å². The summed E-state index contributed by atoms with van der Waals surface area (Å²) in [5.74, 6) is 0. The molecule has 2 N–H and O–H groups in total. The molecule has 1 heterocycles. The molecule has 4 heteroatoms. The van der Waals surface area contributed by atoms with Crippen LogP contribution in [0.2, 0.25) is 0 Å². The Labute approximate surface area is 84.0 Å². The predicted octanol–water partition coefficient (Wildman–Crippen LogP) is 1.06. The van der Waals surface area contributed by atoms with Crippen molar-refractivity contribution in [2.75, 3.05) is 19.0 Å². The van der Waals surface area contributed by atoms with E-state index in [0.29, 0.717) is 6.42 Å². The van der Waals surface area contributed by atoms with Gasteiger partial charge < -0.3 is 10.6 Å². The molecule has 1 atom stereocenters. The molecule has 0 aliphatic heterocycles. The molecule has 4 nitrogen and oxygen atoms in total. The van der Waals surface area contributed by atoms with E-state index >= 15 is 0 Å². The Bertz CT molecular complexity index is 340. The van der Waals surface area contributed by atoms with Gasteiger partial charge in [0.1, 0.15) is 0 Å². The number of hydrogen-bond donors (Lipinski definition) is 1. The highest BCUT2D eigenvalue weighted by atomic mass is 15.1. The molecule has 0 amide bonds. The van der Waals surface area contributed by atoms with E-state index in [4.69, 9.17) is 11.0 Å². The molecule has 0 bridgehead atoms. The van der Waals surface area contributed by atoms with Crippen LogP contribution >= 0.6 is 0 Å². The molecular formula is C10H14N4. The van der Waals surface area contributed by atoms with Crippen molar-refractivity contribution >= 4 is 5.69 Å². The van der Waals surface area contributed by atoms with Crippen LogP contribution in [0.3, 0.4) is 0 Å². The third-order valence-corrected chi connectivity index (χ3v) is 1.97. The van der Waals surface area contributed by atoms with Crippen molar-refractivity contribution in [3.8, 4) is 6.07 Å². The van der Waals surface area contributed by atoms with Crippen molar-refractivity contribution in [1.82, 2.24) is 4.98 Å². The molecule has 0 saturated carbocycles. The van der Waals surface area contributed by atoms with E-state index in [1.807, 2.05) is 37.2 Å². The molecule has 14 heavy (non-hydrogen) atoms. The first-order chi connectivity index (χ1) is 6.65. The quantitative estimate of drug-likeness (QED) is 0.774. The van der Waals surface area contributed by atoms with Crippen LogP contribution in [0, 0.1) is 11.3 Å². The second-order valence-corrected chi connectivity index (χ2v) is 3.30. The molecule has 0 spiro atoms. The highest BCUT2D eigenvalue weighted by molar-refractivity contribution is 5.45. The first-order valence-corrected chi connectivity index (χ1v) is 4.41. The lowest BCUT2D eigenvalue weighted by Gasteiger charge is -2.14. The number of anilines is 1. The summed E-state index contributed by atoms with van der Waals surface area (Å²) in [6, 6.07) is 5.55. The number of hydrogen-bond acceptors (Lipinski definition) is 4. The van der Waals surface area contributed by atoms with Gasteiger partial charge in [-0.25, -0.2) is 0 Å². The van der Waals surface area contributed by atoms with Crippen LogP contribution in [0.4, 0.5) is 5.69 Å². The zero-order valence-electron chi connectivity index (χ0n) is 8.44. The molecule has 0 saturated heterocycles. The van der Waals surface area contributed by atoms with E-state index in [0.717, 1.165) is 11.4 Å². The Hall–Kier alpha value is -1.60. The smallest absolute Gasteiger partial charge is 0.0642 e. The topological polar surface area (TPSA) is 65.9 Å². The molecule has 1 aromatic heterocycles. The largest absolute Gasteiger partial charge is 0.378 e. The SMILES string of the molecule is CN(C)c1ccnc(C(N)CC#N)c1. The van der Waals surface area contributed by atoms with Crippen molar-refractivity contribution in [2.45, 2.75) is 12.5 Å². The maximum absolute atomic E-state index is 8.51. The molecule has 0 aliphatic rings. The van der Waals surface area contributed by atoms with Gasteiger partial charge in [0.15, 0.2) is 0 Å². The lowest BCUT2D eigenvalue weighted by atomic mass is 10.1. The lowest BCUT2D eigenvalue weighted by molar-refractivity contribution is 0.719. The number of pyridine rings is 1. The van der Waals surface area contributed by atoms with Crippen LogP contribution in [-0.4, -0.2) is 19.1 Å². The number of nitrogens with zero attached hydrogens (tertiary/aromatic N) is 3. The molecular weight excluding hydrogens is 176 g/mol. The Kier molecular flexibility index (Phi) is 3.43. The van der Waals surface area contributed by atoms with Gasteiger partial charge in [0.25, 0.3) is 0 Å². The van der Waals surface area contributed by atoms with Crippen molar-refractivity contribution in [2.24, 2.45) is 5.73 Å². The maximum atomic E-state index is 8.51. The third kappa shape index (κ3) is 2.44. The van der Waals surface area contributed by atoms with Crippen LogP contribution in [0.15, 0.2) is 18.3 Å². The summed E-state index contributed by atoms with van der Waals surface area (Å²) in [4.78, 5) is 6.11. The normalized spacial score (nSPS) is 11.9. The standard InChI is InChI=1S/C10H14N4/c1-14(2)8-4-6-13-10(7-8)9(12)3-5-11/h4,6-7,9H,3,12H2,1-2H3. The van der Waals surface area contributed by atoms with Gasteiger partial charge >= 0.3 is 0 Å². The van der Waals surface area contributed by atoms with Gasteiger partial charge in [-0.15, -0.1) is 0 Å². The van der Waals surface area contributed by atoms with Gasteiger partial charge in [-0.3, -0.25) is 4.98 Å². The second-order valence-electron chi connectivity index (χ2n) is 3.30. The Morgan fingerprint density at radius 2 is 2.36 bits per heavy atom. The minimum absolute atomic E-state index is 0.292. The molecule has 0 fully saturated rings. The summed E-state index contributed by atoms with van der Waals surface area (Å²) in [5, 5.41) is 8.51. The predicted molar refractivity (Wildman–Crippen MR) is 55.7 cm³/mol. The monoisotopic (exact) mass is 190 g/mol. The van der Waals surface area contributed by atoms with Crippen LogP contribution in [0.25, 0.3) is 0 Å². The van der Waals surface area contributed by atoms with E-state index in [1.54, 1.807) is 6.20 Å². The van der Waals surface area contributed by atoms with Crippen LogP contribution in [0.5, 0.6) is 0 Å². The van der Waals surface area contributed by atoms with Gasteiger partial charge in [-0.2, -0.15) is 5.26 Å². The first kappa shape index (κ1) is 10.5. The molecule has 74 valence electrons. The highest BCUT2D eigenvalue weighted by Crippen LogP contribution is 2.16. The van der Waals surface area contributed by atoms with Crippen molar-refractivity contribution in [3.05, 3.63) is 24.0 Å². The van der Waals surface area contributed by atoms with Crippen molar-refractivity contribution < 1.29 is 0 Å². The molecule has 0 radical (unpaired) electrons. The van der Waals surface area contributed by atoms with Gasteiger partial charge in [0.2, 0.25) is 0 Å². The van der Waals surface area contributed by atoms with Gasteiger partial charge in [-0.1, -0.05) is 0 Å². The maximum Gasteiger partial charge on any atom is 0.0642 e. The van der Waals surface area contributed by atoms with E-state index in [-0.39, 0.29) is 6.04 Å². The van der Waals surface area contributed by atoms with Crippen molar-refractivity contribution in [1.29, 1.82) is 5.26 Å². The minimum atomic E-state index is -0.292. The summed E-state index contributed by atoms with van der Waals surface area (Å²) in [7, 11) is 3.91. The molecule has 1 rings (SSSR count). The summed E-state index contributed by atoms with van der Waals surface area (Å²) in [6.07, 6.45) is 2.01. The van der Waals surface area contributed by atoms with Crippen LogP contribution < -0.4 is 10.6 Å². The Morgan fingerprint density at radius 1 is 1.64 bits per heavy atom. The van der Waals surface area contributed by atoms with E-state index in [1.165, 1.54) is 0 Å². The molecule has 0 aromatic carbocycles. The minimum Gasteiger partial charge on any atom is -0.378 e. The van der Waals surface area contributed by atoms with Gasteiger partial charge in [0.05, 0.1) is 24.2 Å². The second kappa shape index (κ2) is 4.58. The zero-order valence-corrected chi connectivity index (χ0v) is 8.44. The fourth-order valence-corrected chi connectivity index (χ4v) is 1.12. The average molecular weight is 190 g/mol. The summed E-state index contributed by atoms with van der Waals surface area (Å²) >= 11 is 0. The zero-order chi connectivity index (χ0) is 10.6. The first-order valence-electron chi connectivity index (χ1n) is 4.41. The summed E-state index contributed by atoms with van der Waals surface area (Å²) < 4.78 is 0. The third-order valence-electron chi connectivity index (χ3n) is 1.97.